The summed E-state index contributed by atoms with van der Waals surface area (Å²) in [5, 5.41) is 5.21. The molecule has 0 atom stereocenters. The summed E-state index contributed by atoms with van der Waals surface area (Å²) >= 11 is 0. The van der Waals surface area contributed by atoms with Crippen molar-refractivity contribution in [1.82, 2.24) is 19.9 Å². The first kappa shape index (κ1) is 11.7. The molecular formula is C16H11N5. The van der Waals surface area contributed by atoms with Crippen molar-refractivity contribution in [2.75, 3.05) is 5.32 Å². The van der Waals surface area contributed by atoms with Gasteiger partial charge in [0.1, 0.15) is 24.3 Å². The van der Waals surface area contributed by atoms with Crippen molar-refractivity contribution in [3.63, 3.8) is 0 Å². The van der Waals surface area contributed by atoms with Gasteiger partial charge in [-0.1, -0.05) is 24.3 Å². The Morgan fingerprint density at radius 2 is 1.05 bits per heavy atom. The second kappa shape index (κ2) is 4.79. The molecule has 0 radical (unpaired) electrons. The quantitative estimate of drug-likeness (QED) is 0.607. The number of anilines is 2. The van der Waals surface area contributed by atoms with Gasteiger partial charge in [-0.2, -0.15) is 0 Å². The van der Waals surface area contributed by atoms with Crippen molar-refractivity contribution in [2.45, 2.75) is 0 Å². The minimum Gasteiger partial charge on any atom is -0.324 e. The zero-order valence-electron chi connectivity index (χ0n) is 11.1. The fourth-order valence-electron chi connectivity index (χ4n) is 2.32. The van der Waals surface area contributed by atoms with E-state index in [-0.39, 0.29) is 0 Å². The van der Waals surface area contributed by atoms with Gasteiger partial charge in [-0.15, -0.1) is 0 Å². The van der Waals surface area contributed by atoms with E-state index in [9.17, 15) is 0 Å². The fraction of sp³-hybridized carbons (Fsp3) is 0. The number of benzene rings is 2. The summed E-state index contributed by atoms with van der Waals surface area (Å²) < 4.78 is 0. The Kier molecular flexibility index (Phi) is 2.67. The molecule has 0 fully saturated rings. The van der Waals surface area contributed by atoms with Gasteiger partial charge in [0.25, 0.3) is 0 Å². The minimum absolute atomic E-state index is 0.740. The second-order valence-electron chi connectivity index (χ2n) is 4.60. The van der Waals surface area contributed by atoms with Crippen LogP contribution in [-0.4, -0.2) is 19.9 Å². The maximum Gasteiger partial charge on any atom is 0.142 e. The molecule has 0 bridgehead atoms. The van der Waals surface area contributed by atoms with Gasteiger partial charge >= 0.3 is 0 Å². The topological polar surface area (TPSA) is 63.6 Å². The van der Waals surface area contributed by atoms with E-state index in [1.807, 2.05) is 48.5 Å². The Morgan fingerprint density at radius 1 is 0.571 bits per heavy atom. The summed E-state index contributed by atoms with van der Waals surface area (Å²) in [4.78, 5) is 17.2. The summed E-state index contributed by atoms with van der Waals surface area (Å²) in [6, 6.07) is 15.7. The predicted molar refractivity (Wildman–Crippen MR) is 82.4 cm³/mol. The molecule has 0 aliphatic heterocycles. The number of rotatable bonds is 2. The lowest BCUT2D eigenvalue weighted by Crippen LogP contribution is -1.99. The largest absolute Gasteiger partial charge is 0.324 e. The lowest BCUT2D eigenvalue weighted by Gasteiger charge is -2.09. The van der Waals surface area contributed by atoms with Crippen molar-refractivity contribution in [3.8, 4) is 0 Å². The monoisotopic (exact) mass is 273 g/mol. The van der Waals surface area contributed by atoms with Crippen LogP contribution < -0.4 is 5.32 Å². The van der Waals surface area contributed by atoms with Gasteiger partial charge in [0.05, 0.1) is 11.0 Å². The number of hydrogen-bond donors (Lipinski definition) is 1. The molecule has 2 aromatic heterocycles. The van der Waals surface area contributed by atoms with Crippen molar-refractivity contribution >= 4 is 33.4 Å². The van der Waals surface area contributed by atoms with E-state index in [0.717, 1.165) is 33.4 Å². The van der Waals surface area contributed by atoms with Gasteiger partial charge in [-0.05, 0) is 24.3 Å². The summed E-state index contributed by atoms with van der Waals surface area (Å²) in [7, 11) is 0. The minimum atomic E-state index is 0.740. The summed E-state index contributed by atoms with van der Waals surface area (Å²) in [6.45, 7) is 0. The van der Waals surface area contributed by atoms with Crippen LogP contribution >= 0.6 is 0 Å². The molecule has 0 spiro atoms. The van der Waals surface area contributed by atoms with Crippen molar-refractivity contribution in [2.24, 2.45) is 0 Å². The van der Waals surface area contributed by atoms with Gasteiger partial charge in [0.2, 0.25) is 0 Å². The molecule has 5 heteroatoms. The number of para-hydroxylation sites is 2. The zero-order valence-corrected chi connectivity index (χ0v) is 11.1. The summed E-state index contributed by atoms with van der Waals surface area (Å²) in [5.41, 5.74) is 1.79. The van der Waals surface area contributed by atoms with Gasteiger partial charge in [0.15, 0.2) is 0 Å². The van der Waals surface area contributed by atoms with Crippen LogP contribution in [0.1, 0.15) is 0 Å². The van der Waals surface area contributed by atoms with Gasteiger partial charge in [-0.3, -0.25) is 0 Å². The Labute approximate surface area is 120 Å². The molecule has 1 N–H and O–H groups in total. The normalized spacial score (nSPS) is 10.9. The maximum absolute atomic E-state index is 4.33. The standard InChI is InChI=1S/C16H11N5/c1-3-7-13-11(5-1)15(19-9-17-13)21-16-12-6-2-4-8-14(12)18-10-20-16/h1-10H,(H,17,18,19,20,21). The molecule has 0 amide bonds. The Balaban J connectivity index is 1.87. The average Bonchev–Trinajstić information content (AvgIpc) is 2.56. The smallest absolute Gasteiger partial charge is 0.142 e. The molecule has 5 nitrogen and oxygen atoms in total. The highest BCUT2D eigenvalue weighted by molar-refractivity contribution is 5.95. The molecule has 0 saturated carbocycles. The highest BCUT2D eigenvalue weighted by atomic mass is 15.1. The SMILES string of the molecule is c1ccc2c(Nc3ncnc4ccccc34)ncnc2c1. The van der Waals surface area contributed by atoms with Crippen molar-refractivity contribution < 1.29 is 0 Å². The molecule has 2 heterocycles. The third-order valence-electron chi connectivity index (χ3n) is 3.32. The van der Waals surface area contributed by atoms with E-state index in [4.69, 9.17) is 0 Å². The van der Waals surface area contributed by atoms with Crippen LogP contribution in [-0.2, 0) is 0 Å². The molecular weight excluding hydrogens is 262 g/mol. The van der Waals surface area contributed by atoms with Crippen LogP contribution in [0.25, 0.3) is 21.8 Å². The summed E-state index contributed by atoms with van der Waals surface area (Å²) in [5.74, 6) is 1.48. The summed E-state index contributed by atoms with van der Waals surface area (Å²) in [6.07, 6.45) is 3.10. The predicted octanol–water partition coefficient (Wildman–Crippen LogP) is 3.32. The van der Waals surface area contributed by atoms with Crippen LogP contribution in [0.15, 0.2) is 61.2 Å². The van der Waals surface area contributed by atoms with E-state index >= 15 is 0 Å². The van der Waals surface area contributed by atoms with E-state index in [2.05, 4.69) is 25.3 Å². The molecule has 2 aromatic carbocycles. The Bertz CT molecular complexity index is 848. The molecule has 4 aromatic rings. The van der Waals surface area contributed by atoms with Gasteiger partial charge in [0, 0.05) is 10.8 Å². The molecule has 100 valence electrons. The second-order valence-corrected chi connectivity index (χ2v) is 4.60. The lowest BCUT2D eigenvalue weighted by molar-refractivity contribution is 1.18. The number of aromatic nitrogens is 4. The highest BCUT2D eigenvalue weighted by Crippen LogP contribution is 2.25. The number of nitrogens with zero attached hydrogens (tertiary/aromatic N) is 4. The van der Waals surface area contributed by atoms with Crippen LogP contribution in [0.3, 0.4) is 0 Å². The number of nitrogens with one attached hydrogen (secondary N) is 1. The zero-order chi connectivity index (χ0) is 14.1. The van der Waals surface area contributed by atoms with Crippen molar-refractivity contribution in [3.05, 3.63) is 61.2 Å². The molecule has 21 heavy (non-hydrogen) atoms. The first-order valence-corrected chi connectivity index (χ1v) is 6.58. The maximum atomic E-state index is 4.33. The van der Waals surface area contributed by atoms with Gasteiger partial charge < -0.3 is 5.32 Å². The molecule has 4 rings (SSSR count). The van der Waals surface area contributed by atoms with Crippen LogP contribution in [0.4, 0.5) is 11.6 Å². The van der Waals surface area contributed by atoms with E-state index in [0.29, 0.717) is 0 Å². The van der Waals surface area contributed by atoms with Crippen LogP contribution in [0.5, 0.6) is 0 Å². The van der Waals surface area contributed by atoms with E-state index in [1.165, 1.54) is 0 Å². The third kappa shape index (κ3) is 2.04. The first-order chi connectivity index (χ1) is 10.4. The Morgan fingerprint density at radius 3 is 1.57 bits per heavy atom. The number of fused-ring (bicyclic) bond motifs is 2. The van der Waals surface area contributed by atoms with E-state index < -0.39 is 0 Å². The highest BCUT2D eigenvalue weighted by Gasteiger charge is 2.07. The van der Waals surface area contributed by atoms with E-state index in [1.54, 1.807) is 12.7 Å². The molecule has 0 saturated heterocycles. The number of hydrogen-bond acceptors (Lipinski definition) is 5. The van der Waals surface area contributed by atoms with Crippen molar-refractivity contribution in [1.29, 1.82) is 0 Å². The fourth-order valence-corrected chi connectivity index (χ4v) is 2.32. The first-order valence-electron chi connectivity index (χ1n) is 6.58. The molecule has 0 unspecified atom stereocenters. The third-order valence-corrected chi connectivity index (χ3v) is 3.32. The Hall–Kier alpha value is -3.08. The van der Waals surface area contributed by atoms with Crippen LogP contribution in [0, 0.1) is 0 Å². The van der Waals surface area contributed by atoms with Crippen LogP contribution in [0.2, 0.25) is 0 Å². The molecule has 0 aliphatic rings. The average molecular weight is 273 g/mol. The molecule has 0 aliphatic carbocycles. The lowest BCUT2D eigenvalue weighted by atomic mass is 10.2. The van der Waals surface area contributed by atoms with Gasteiger partial charge in [-0.25, -0.2) is 19.9 Å².